The van der Waals surface area contributed by atoms with Crippen LogP contribution in [-0.2, 0) is 10.3 Å². The molecule has 0 amide bonds. The van der Waals surface area contributed by atoms with E-state index in [0.29, 0.717) is 17.8 Å². The van der Waals surface area contributed by atoms with Crippen LogP contribution in [0.25, 0.3) is 32.5 Å². The molecule has 0 aliphatic carbocycles. The average Bonchev–Trinajstić information content (AvgIpc) is 3.12. The standard InChI is InChI=1S/C43H31N3O/c1-43(36-15-4-3-5-16-36)29-35(41(30-44)45-2)28-39(47-43)26-21-31-19-23-37(24-20-31)46(38-25-22-32-11-6-7-13-34(32)27-38)42-18-10-14-33-12-8-9-17-40(33)42/h3-28H,29H2,1H3/b26-21+,41-35+. The van der Waals surface area contributed by atoms with Crippen LogP contribution in [0.4, 0.5) is 17.1 Å². The molecule has 1 aliphatic rings. The predicted molar refractivity (Wildman–Crippen MR) is 192 cm³/mol. The van der Waals surface area contributed by atoms with Crippen LogP contribution in [0.3, 0.4) is 0 Å². The van der Waals surface area contributed by atoms with Crippen molar-refractivity contribution >= 4 is 44.7 Å². The number of nitrogens with zero attached hydrogens (tertiary/aromatic N) is 3. The number of fused-ring (bicyclic) bond motifs is 2. The topological polar surface area (TPSA) is 40.6 Å². The Hall–Kier alpha value is -6.36. The summed E-state index contributed by atoms with van der Waals surface area (Å²) < 4.78 is 6.52. The van der Waals surface area contributed by atoms with E-state index < -0.39 is 5.60 Å². The molecule has 0 fully saturated rings. The summed E-state index contributed by atoms with van der Waals surface area (Å²) in [4.78, 5) is 5.80. The first kappa shape index (κ1) is 29.4. The Bertz CT molecular complexity index is 2260. The van der Waals surface area contributed by atoms with Crippen LogP contribution in [-0.4, -0.2) is 0 Å². The maximum atomic E-state index is 9.65. The lowest BCUT2D eigenvalue weighted by Crippen LogP contribution is -2.29. The molecule has 0 radical (unpaired) electrons. The number of nitriles is 1. The third-order valence-corrected chi connectivity index (χ3v) is 8.68. The Morgan fingerprint density at radius 2 is 1.45 bits per heavy atom. The molecule has 0 saturated carbocycles. The zero-order valence-electron chi connectivity index (χ0n) is 26.0. The second kappa shape index (κ2) is 12.6. The summed E-state index contributed by atoms with van der Waals surface area (Å²) in [6, 6.07) is 50.4. The van der Waals surface area contributed by atoms with E-state index in [2.05, 4.69) is 125 Å². The van der Waals surface area contributed by atoms with Gasteiger partial charge in [-0.25, -0.2) is 10.1 Å². The number of rotatable bonds is 6. The van der Waals surface area contributed by atoms with Crippen LogP contribution in [0, 0.1) is 17.9 Å². The average molecular weight is 606 g/mol. The van der Waals surface area contributed by atoms with Crippen molar-refractivity contribution in [3.8, 4) is 6.07 Å². The number of hydrogen-bond acceptors (Lipinski definition) is 3. The number of benzene rings is 6. The zero-order chi connectivity index (χ0) is 32.2. The van der Waals surface area contributed by atoms with Crippen molar-refractivity contribution in [2.45, 2.75) is 18.9 Å². The Morgan fingerprint density at radius 1 is 0.766 bits per heavy atom. The number of allylic oxidation sites excluding steroid dienone is 3. The largest absolute Gasteiger partial charge is 0.483 e. The molecule has 6 aromatic carbocycles. The quantitative estimate of drug-likeness (QED) is 0.140. The van der Waals surface area contributed by atoms with Gasteiger partial charge in [-0.15, -0.1) is 0 Å². The molecular weight excluding hydrogens is 574 g/mol. The maximum Gasteiger partial charge on any atom is 0.265 e. The molecule has 0 bridgehead atoms. The van der Waals surface area contributed by atoms with Crippen LogP contribution in [0.1, 0.15) is 24.5 Å². The first-order chi connectivity index (χ1) is 23.0. The van der Waals surface area contributed by atoms with Crippen LogP contribution >= 0.6 is 0 Å². The molecule has 1 unspecified atom stereocenters. The third-order valence-electron chi connectivity index (χ3n) is 8.68. The highest BCUT2D eigenvalue weighted by atomic mass is 16.5. The Kier molecular flexibility index (Phi) is 7.85. The van der Waals surface area contributed by atoms with Gasteiger partial charge in [0.25, 0.3) is 5.70 Å². The lowest BCUT2D eigenvalue weighted by atomic mass is 9.85. The van der Waals surface area contributed by atoms with Gasteiger partial charge in [-0.1, -0.05) is 115 Å². The zero-order valence-corrected chi connectivity index (χ0v) is 26.0. The smallest absolute Gasteiger partial charge is 0.265 e. The van der Waals surface area contributed by atoms with Gasteiger partial charge in [-0.2, -0.15) is 0 Å². The van der Waals surface area contributed by atoms with Crippen molar-refractivity contribution in [2.75, 3.05) is 4.90 Å². The summed E-state index contributed by atoms with van der Waals surface area (Å²) in [6.07, 6.45) is 6.17. The van der Waals surface area contributed by atoms with Gasteiger partial charge in [0, 0.05) is 23.2 Å². The van der Waals surface area contributed by atoms with Crippen LogP contribution < -0.4 is 4.90 Å². The summed E-state index contributed by atoms with van der Waals surface area (Å²) in [5.74, 6) is 0.603. The molecule has 4 heteroatoms. The second-order valence-corrected chi connectivity index (χ2v) is 11.8. The summed E-state index contributed by atoms with van der Waals surface area (Å²) in [7, 11) is 0. The van der Waals surface area contributed by atoms with Gasteiger partial charge in [0.1, 0.15) is 11.4 Å². The first-order valence-electron chi connectivity index (χ1n) is 15.6. The molecule has 0 saturated heterocycles. The number of anilines is 3. The Morgan fingerprint density at radius 3 is 2.21 bits per heavy atom. The molecule has 224 valence electrons. The van der Waals surface area contributed by atoms with E-state index in [-0.39, 0.29) is 5.70 Å². The lowest BCUT2D eigenvalue weighted by molar-refractivity contribution is 0.0143. The molecule has 0 aromatic heterocycles. The molecule has 6 aromatic rings. The highest BCUT2D eigenvalue weighted by molar-refractivity contribution is 6.00. The molecule has 47 heavy (non-hydrogen) atoms. The number of hydrogen-bond donors (Lipinski definition) is 0. The maximum absolute atomic E-state index is 9.65. The number of ether oxygens (including phenoxy) is 1. The molecular formula is C43H31N3O. The molecule has 0 N–H and O–H groups in total. The molecule has 1 atom stereocenters. The van der Waals surface area contributed by atoms with Crippen molar-refractivity contribution in [3.63, 3.8) is 0 Å². The van der Waals surface area contributed by atoms with E-state index in [0.717, 1.165) is 28.2 Å². The summed E-state index contributed by atoms with van der Waals surface area (Å²) >= 11 is 0. The van der Waals surface area contributed by atoms with E-state index in [4.69, 9.17) is 11.3 Å². The van der Waals surface area contributed by atoms with Gasteiger partial charge >= 0.3 is 0 Å². The van der Waals surface area contributed by atoms with Gasteiger partial charge in [0.2, 0.25) is 0 Å². The summed E-state index contributed by atoms with van der Waals surface area (Å²) in [5.41, 5.74) is 5.28. The minimum absolute atomic E-state index is 0.0907. The van der Waals surface area contributed by atoms with Gasteiger partial charge < -0.3 is 9.64 Å². The van der Waals surface area contributed by atoms with Gasteiger partial charge in [-0.3, -0.25) is 0 Å². The SMILES string of the molecule is [C-]#[N+]/C(C#N)=C1C=C(/C=C/c2ccc(N(c3ccc4ccccc4c3)c3cccc4ccccc34)cc2)OC(C)(c2ccccc2)C\1. The van der Waals surface area contributed by atoms with Gasteiger partial charge in [-0.05, 0) is 82.3 Å². The summed E-state index contributed by atoms with van der Waals surface area (Å²) in [5, 5.41) is 14.4. The second-order valence-electron chi connectivity index (χ2n) is 11.8. The van der Waals surface area contributed by atoms with E-state index in [1.807, 2.05) is 55.5 Å². The minimum Gasteiger partial charge on any atom is -0.483 e. The van der Waals surface area contributed by atoms with E-state index >= 15 is 0 Å². The van der Waals surface area contributed by atoms with Crippen molar-refractivity contribution in [1.29, 1.82) is 5.26 Å². The van der Waals surface area contributed by atoms with Crippen molar-refractivity contribution in [1.82, 2.24) is 0 Å². The van der Waals surface area contributed by atoms with Crippen LogP contribution in [0.2, 0.25) is 0 Å². The normalized spacial score (nSPS) is 17.0. The summed E-state index contributed by atoms with van der Waals surface area (Å²) in [6.45, 7) is 9.55. The predicted octanol–water partition coefficient (Wildman–Crippen LogP) is 11.4. The molecule has 0 spiro atoms. The van der Waals surface area contributed by atoms with Crippen molar-refractivity contribution in [2.24, 2.45) is 0 Å². The Labute approximate surface area is 275 Å². The molecule has 1 heterocycles. The lowest BCUT2D eigenvalue weighted by Gasteiger charge is -2.36. The first-order valence-corrected chi connectivity index (χ1v) is 15.6. The fraction of sp³-hybridized carbons (Fsp3) is 0.0698. The van der Waals surface area contributed by atoms with Crippen molar-refractivity contribution < 1.29 is 4.74 Å². The molecule has 7 rings (SSSR count). The van der Waals surface area contributed by atoms with Gasteiger partial charge in [0.05, 0.1) is 18.3 Å². The van der Waals surface area contributed by atoms with E-state index in [1.54, 1.807) is 0 Å². The van der Waals surface area contributed by atoms with Crippen LogP contribution in [0.15, 0.2) is 169 Å². The minimum atomic E-state index is -0.708. The van der Waals surface area contributed by atoms with Crippen molar-refractivity contribution in [3.05, 3.63) is 191 Å². The van der Waals surface area contributed by atoms with Gasteiger partial charge in [0.15, 0.2) is 0 Å². The highest BCUT2D eigenvalue weighted by Crippen LogP contribution is 2.42. The fourth-order valence-electron chi connectivity index (χ4n) is 6.33. The fourth-order valence-corrected chi connectivity index (χ4v) is 6.33. The van der Waals surface area contributed by atoms with E-state index in [9.17, 15) is 5.26 Å². The monoisotopic (exact) mass is 605 g/mol. The highest BCUT2D eigenvalue weighted by Gasteiger charge is 2.34. The Balaban J connectivity index is 1.25. The van der Waals surface area contributed by atoms with E-state index in [1.165, 1.54) is 21.5 Å². The molecule has 1 aliphatic heterocycles. The van der Waals surface area contributed by atoms with Crippen LogP contribution in [0.5, 0.6) is 0 Å². The molecule has 4 nitrogen and oxygen atoms in total. The third kappa shape index (κ3) is 5.89.